The van der Waals surface area contributed by atoms with Crippen LogP contribution in [0.25, 0.3) is 0 Å². The zero-order chi connectivity index (χ0) is 8.28. The van der Waals surface area contributed by atoms with Crippen molar-refractivity contribution in [2.45, 2.75) is 41.0 Å². The molecule has 0 aliphatic carbocycles. The molecule has 0 heterocycles. The summed E-state index contributed by atoms with van der Waals surface area (Å²) >= 11 is 0. The molecule has 0 nitrogen and oxygen atoms in total. The van der Waals surface area contributed by atoms with E-state index in [9.17, 15) is 0 Å². The number of rotatable bonds is 1. The van der Waals surface area contributed by atoms with Crippen LogP contribution in [-0.2, 0) is 0 Å². The zero-order valence-corrected chi connectivity index (χ0v) is 7.44. The molecule has 0 radical (unpaired) electrons. The lowest BCUT2D eigenvalue weighted by molar-refractivity contribution is 0.626. The van der Waals surface area contributed by atoms with Crippen molar-refractivity contribution in [1.29, 1.82) is 0 Å². The highest BCUT2D eigenvalue weighted by Crippen LogP contribution is 1.93. The van der Waals surface area contributed by atoms with Gasteiger partial charge in [0.1, 0.15) is 0 Å². The Morgan fingerprint density at radius 2 is 1.22 bits per heavy atom. The highest BCUT2D eigenvalue weighted by atomic mass is 13.9. The molecule has 0 saturated heterocycles. The third kappa shape index (κ3) is 96.0. The van der Waals surface area contributed by atoms with Crippen molar-refractivity contribution in [1.82, 2.24) is 0 Å². The fourth-order valence-electron chi connectivity index (χ4n) is 0. The summed E-state index contributed by atoms with van der Waals surface area (Å²) in [4.78, 5) is 0. The van der Waals surface area contributed by atoms with Crippen molar-refractivity contribution in [2.75, 3.05) is 0 Å². The van der Waals surface area contributed by atoms with E-state index >= 15 is 0 Å². The van der Waals surface area contributed by atoms with Gasteiger partial charge in [-0.25, -0.2) is 0 Å². The molecular weight excluding hydrogens is 108 g/mol. The minimum atomic E-state index is 0.884. The molecule has 0 aliphatic rings. The van der Waals surface area contributed by atoms with Crippen LogP contribution in [0.5, 0.6) is 0 Å². The molecule has 56 valence electrons. The van der Waals surface area contributed by atoms with Crippen LogP contribution in [0.3, 0.4) is 0 Å². The van der Waals surface area contributed by atoms with E-state index in [1.54, 1.807) is 0 Å². The first-order valence-electron chi connectivity index (χ1n) is 3.60. The average Bonchev–Trinajstić information content (AvgIpc) is 1.97. The lowest BCUT2D eigenvalue weighted by atomic mass is 10.2. The van der Waals surface area contributed by atoms with Crippen molar-refractivity contribution in [2.24, 2.45) is 5.92 Å². The Bertz CT molecular complexity index is 32.5. The van der Waals surface area contributed by atoms with E-state index in [4.69, 9.17) is 0 Å². The van der Waals surface area contributed by atoms with Crippen molar-refractivity contribution >= 4 is 0 Å². The van der Waals surface area contributed by atoms with Crippen molar-refractivity contribution in [3.05, 3.63) is 0 Å². The molecule has 0 heteroatoms. The Labute approximate surface area is 60.7 Å². The third-order valence-corrected chi connectivity index (χ3v) is 0.816. The maximum atomic E-state index is 4.00. The molecule has 0 amide bonds. The lowest BCUT2D eigenvalue weighted by Crippen LogP contribution is -1.77. The largest absolute Gasteiger partial charge is 0.124 e. The van der Waals surface area contributed by atoms with Crippen LogP contribution in [0.2, 0.25) is 0 Å². The van der Waals surface area contributed by atoms with Gasteiger partial charge in [-0.15, -0.1) is 12.8 Å². The van der Waals surface area contributed by atoms with E-state index in [1.165, 1.54) is 6.42 Å². The first kappa shape index (κ1) is 15.8. The number of hydrogen-bond acceptors (Lipinski definition) is 0. The van der Waals surface area contributed by atoms with E-state index in [2.05, 4.69) is 33.6 Å². The van der Waals surface area contributed by atoms with Crippen LogP contribution in [0.4, 0.5) is 0 Å². The van der Waals surface area contributed by atoms with Gasteiger partial charge in [-0.3, -0.25) is 0 Å². The predicted molar refractivity (Wildman–Crippen MR) is 46.4 cm³/mol. The smallest absolute Gasteiger partial charge is 0.0474 e. The second-order valence-electron chi connectivity index (χ2n) is 1.80. The first-order chi connectivity index (χ1) is 4.27. The first-order valence-corrected chi connectivity index (χ1v) is 3.60. The second-order valence-corrected chi connectivity index (χ2v) is 1.80. The molecule has 0 fully saturated rings. The summed E-state index contributed by atoms with van der Waals surface area (Å²) in [6, 6.07) is 0. The number of hydrogen-bond donors (Lipinski definition) is 0. The van der Waals surface area contributed by atoms with E-state index in [0.29, 0.717) is 0 Å². The monoisotopic (exact) mass is 128 g/mol. The summed E-state index contributed by atoms with van der Waals surface area (Å²) in [6.45, 7) is 10.6. The fourth-order valence-corrected chi connectivity index (χ4v) is 0. The van der Waals surface area contributed by atoms with E-state index in [-0.39, 0.29) is 0 Å². The van der Waals surface area contributed by atoms with Crippen LogP contribution in [0.1, 0.15) is 41.0 Å². The molecular formula is C9H20. The molecule has 0 N–H and O–H groups in total. The quantitative estimate of drug-likeness (QED) is 0.475. The van der Waals surface area contributed by atoms with E-state index in [0.717, 1.165) is 5.92 Å². The standard InChI is InChI=1S/C5H12.C2H6.C2H2/c1-4-5(2)3;2*1-2/h5H,4H2,1-3H3;1-2H3;1-2H. The molecule has 0 rings (SSSR count). The van der Waals surface area contributed by atoms with Crippen molar-refractivity contribution < 1.29 is 0 Å². The minimum absolute atomic E-state index is 0.884. The topological polar surface area (TPSA) is 0 Å². The van der Waals surface area contributed by atoms with Crippen LogP contribution >= 0.6 is 0 Å². The summed E-state index contributed by atoms with van der Waals surface area (Å²) in [5.74, 6) is 0.884. The molecule has 0 aliphatic heterocycles. The van der Waals surface area contributed by atoms with Gasteiger partial charge in [-0.1, -0.05) is 41.0 Å². The van der Waals surface area contributed by atoms with Crippen molar-refractivity contribution in [3.8, 4) is 12.8 Å². The van der Waals surface area contributed by atoms with Gasteiger partial charge in [0.15, 0.2) is 0 Å². The van der Waals surface area contributed by atoms with Gasteiger partial charge < -0.3 is 0 Å². The van der Waals surface area contributed by atoms with E-state index < -0.39 is 0 Å². The Morgan fingerprint density at radius 3 is 1.22 bits per heavy atom. The molecule has 0 aromatic rings. The molecule has 0 saturated carbocycles. The van der Waals surface area contributed by atoms with Crippen LogP contribution in [0, 0.1) is 18.8 Å². The van der Waals surface area contributed by atoms with Crippen LogP contribution in [0.15, 0.2) is 0 Å². The Morgan fingerprint density at radius 1 is 1.11 bits per heavy atom. The van der Waals surface area contributed by atoms with E-state index in [1.807, 2.05) is 13.8 Å². The zero-order valence-electron chi connectivity index (χ0n) is 7.44. The fraction of sp³-hybridized carbons (Fsp3) is 0.778. The Hall–Kier alpha value is -0.440. The lowest BCUT2D eigenvalue weighted by Gasteiger charge is -1.90. The Balaban J connectivity index is -0.0000000771. The SMILES string of the molecule is C#C.CC.CCC(C)C. The normalized spacial score (nSPS) is 6.22. The van der Waals surface area contributed by atoms with Gasteiger partial charge >= 0.3 is 0 Å². The molecule has 0 unspecified atom stereocenters. The average molecular weight is 128 g/mol. The molecule has 0 atom stereocenters. The molecule has 0 spiro atoms. The van der Waals surface area contributed by atoms with Crippen molar-refractivity contribution in [3.63, 3.8) is 0 Å². The summed E-state index contributed by atoms with van der Waals surface area (Å²) in [5.41, 5.74) is 0. The van der Waals surface area contributed by atoms with Gasteiger partial charge in [-0.05, 0) is 5.92 Å². The highest BCUT2D eigenvalue weighted by molar-refractivity contribution is 4.47. The summed E-state index contributed by atoms with van der Waals surface area (Å²) in [6.07, 6.45) is 9.31. The van der Waals surface area contributed by atoms with Gasteiger partial charge in [0.25, 0.3) is 0 Å². The summed E-state index contributed by atoms with van der Waals surface area (Å²) < 4.78 is 0. The summed E-state index contributed by atoms with van der Waals surface area (Å²) in [5, 5.41) is 0. The van der Waals surface area contributed by atoms with Gasteiger partial charge in [0, 0.05) is 0 Å². The third-order valence-electron chi connectivity index (χ3n) is 0.816. The molecule has 0 aromatic heterocycles. The van der Waals surface area contributed by atoms with Crippen LogP contribution < -0.4 is 0 Å². The van der Waals surface area contributed by atoms with Gasteiger partial charge in [-0.2, -0.15) is 0 Å². The summed E-state index contributed by atoms with van der Waals surface area (Å²) in [7, 11) is 0. The molecule has 9 heavy (non-hydrogen) atoms. The molecule has 0 aromatic carbocycles. The Kier molecular flexibility index (Phi) is 45.1. The second kappa shape index (κ2) is 25.7. The molecule has 0 bridgehead atoms. The minimum Gasteiger partial charge on any atom is -0.124 e. The van der Waals surface area contributed by atoms with Crippen LogP contribution in [-0.4, -0.2) is 0 Å². The van der Waals surface area contributed by atoms with Gasteiger partial charge in [0.2, 0.25) is 0 Å². The van der Waals surface area contributed by atoms with Gasteiger partial charge in [0.05, 0.1) is 0 Å². The maximum absolute atomic E-state index is 4.00. The number of terminal acetylenes is 1. The highest BCUT2D eigenvalue weighted by Gasteiger charge is 1.80. The predicted octanol–water partition coefficient (Wildman–Crippen LogP) is 3.33. The maximum Gasteiger partial charge on any atom is -0.0474 e.